The molecule has 0 spiro atoms. The van der Waals surface area contributed by atoms with E-state index in [4.69, 9.17) is 0 Å². The largest absolute Gasteiger partial charge is 0.370 e. The first-order valence-electron chi connectivity index (χ1n) is 8.94. The van der Waals surface area contributed by atoms with Crippen molar-refractivity contribution in [2.24, 2.45) is 0 Å². The first kappa shape index (κ1) is 16.1. The third-order valence-corrected chi connectivity index (χ3v) is 6.35. The number of nitrogens with zero attached hydrogens (tertiary/aromatic N) is 3. The number of hydrogen-bond acceptors (Lipinski definition) is 4. The fourth-order valence-electron chi connectivity index (χ4n) is 4.06. The second-order valence-corrected chi connectivity index (χ2v) is 8.19. The minimum absolute atomic E-state index is 0.0584. The van der Waals surface area contributed by atoms with Gasteiger partial charge in [0, 0.05) is 68.2 Å². The number of carbonyl (C=O) groups excluding carboxylic acids is 1. The number of aryl methyl sites for hydroxylation is 1. The van der Waals surface area contributed by atoms with Crippen LogP contribution in [0, 0.1) is 6.92 Å². The Morgan fingerprint density at radius 2 is 2.00 bits per heavy atom. The van der Waals surface area contributed by atoms with Crippen LogP contribution in [-0.2, 0) is 0 Å². The summed E-state index contributed by atoms with van der Waals surface area (Å²) in [6, 6.07) is 6.77. The Morgan fingerprint density at radius 3 is 2.79 bits per heavy atom. The minimum Gasteiger partial charge on any atom is -0.370 e. The van der Waals surface area contributed by atoms with Crippen molar-refractivity contribution < 1.29 is 4.79 Å². The maximum atomic E-state index is 12.6. The molecule has 0 saturated carbocycles. The molecule has 1 aromatic carbocycles. The van der Waals surface area contributed by atoms with Gasteiger partial charge in [-0.05, 0) is 37.1 Å². The summed E-state index contributed by atoms with van der Waals surface area (Å²) in [7, 11) is 0. The maximum Gasteiger partial charge on any atom is 0.322 e. The normalized spacial score (nSPS) is 26.5. The van der Waals surface area contributed by atoms with Crippen molar-refractivity contribution in [2.75, 3.05) is 61.0 Å². The average molecular weight is 347 g/mol. The van der Waals surface area contributed by atoms with E-state index in [-0.39, 0.29) is 6.03 Å². The average Bonchev–Trinajstić information content (AvgIpc) is 2.96. The molecule has 1 aromatic rings. The van der Waals surface area contributed by atoms with E-state index < -0.39 is 0 Å². The van der Waals surface area contributed by atoms with E-state index in [1.165, 1.54) is 22.8 Å². The predicted octanol–water partition coefficient (Wildman–Crippen LogP) is 2.47. The number of thioether (sulfide) groups is 1. The van der Waals surface area contributed by atoms with E-state index >= 15 is 0 Å². The van der Waals surface area contributed by atoms with Gasteiger partial charge in [0.05, 0.1) is 0 Å². The van der Waals surface area contributed by atoms with E-state index in [1.807, 2.05) is 22.7 Å². The number of hydrogen-bond donors (Lipinski definition) is 1. The molecular weight excluding hydrogens is 320 g/mol. The summed E-state index contributed by atoms with van der Waals surface area (Å²) in [4.78, 5) is 19.6. The van der Waals surface area contributed by atoms with Crippen LogP contribution in [0.5, 0.6) is 0 Å². The number of urea groups is 1. The highest BCUT2D eigenvalue weighted by molar-refractivity contribution is 7.99. The number of rotatable bonds is 2. The van der Waals surface area contributed by atoms with Gasteiger partial charge >= 0.3 is 6.03 Å². The van der Waals surface area contributed by atoms with Gasteiger partial charge in [-0.3, -0.25) is 4.90 Å². The van der Waals surface area contributed by atoms with Crippen molar-refractivity contribution in [3.63, 3.8) is 0 Å². The third-order valence-electron chi connectivity index (χ3n) is 5.41. The lowest BCUT2D eigenvalue weighted by molar-refractivity contribution is 0.153. The van der Waals surface area contributed by atoms with Gasteiger partial charge < -0.3 is 15.1 Å². The van der Waals surface area contributed by atoms with Crippen LogP contribution in [-0.4, -0.2) is 72.6 Å². The highest BCUT2D eigenvalue weighted by Gasteiger charge is 2.35. The first-order chi connectivity index (χ1) is 11.7. The minimum atomic E-state index is 0.0584. The predicted molar refractivity (Wildman–Crippen MR) is 101 cm³/mol. The molecule has 24 heavy (non-hydrogen) atoms. The van der Waals surface area contributed by atoms with Crippen LogP contribution in [0.1, 0.15) is 12.0 Å². The van der Waals surface area contributed by atoms with Crippen molar-refractivity contribution >= 4 is 29.2 Å². The van der Waals surface area contributed by atoms with E-state index in [1.54, 1.807) is 0 Å². The molecule has 0 radical (unpaired) electrons. The summed E-state index contributed by atoms with van der Waals surface area (Å²) in [5.41, 5.74) is 3.45. The van der Waals surface area contributed by atoms with Crippen LogP contribution < -0.4 is 10.2 Å². The van der Waals surface area contributed by atoms with Gasteiger partial charge in [-0.15, -0.1) is 0 Å². The smallest absolute Gasteiger partial charge is 0.322 e. The fourth-order valence-corrected chi connectivity index (χ4v) is 4.96. The molecule has 3 aliphatic rings. The lowest BCUT2D eigenvalue weighted by Gasteiger charge is -2.34. The Balaban J connectivity index is 1.42. The molecule has 0 aromatic heterocycles. The second-order valence-electron chi connectivity index (χ2n) is 6.97. The van der Waals surface area contributed by atoms with Gasteiger partial charge in [0.25, 0.3) is 0 Å². The molecule has 6 heteroatoms. The number of piperazine rings is 1. The molecule has 3 saturated heterocycles. The first-order valence-corrected chi connectivity index (χ1v) is 10.1. The third kappa shape index (κ3) is 3.22. The number of nitrogens with one attached hydrogen (secondary N) is 1. The number of carbonyl (C=O) groups is 1. The summed E-state index contributed by atoms with van der Waals surface area (Å²) in [5.74, 6) is 2.40. The Hall–Kier alpha value is -1.40. The van der Waals surface area contributed by atoms with Gasteiger partial charge in [0.1, 0.15) is 0 Å². The Kier molecular flexibility index (Phi) is 4.59. The van der Waals surface area contributed by atoms with Crippen molar-refractivity contribution in [3.8, 4) is 0 Å². The van der Waals surface area contributed by atoms with Crippen molar-refractivity contribution in [1.29, 1.82) is 0 Å². The lowest BCUT2D eigenvalue weighted by atomic mass is 10.1. The molecule has 2 atom stereocenters. The zero-order valence-corrected chi connectivity index (χ0v) is 15.1. The fraction of sp³-hybridized carbons (Fsp3) is 0.611. The standard InChI is InChI=1S/C18H26N4OS/c1-14-12-15(2-3-17(14)21-8-10-24-11-9-21)19-18(23)22-7-6-20-5-4-16(22)13-20/h2-3,12,16H,4-11,13H2,1H3,(H,19,23). The summed E-state index contributed by atoms with van der Waals surface area (Å²) in [6.45, 7) is 8.40. The van der Waals surface area contributed by atoms with Gasteiger partial charge in [0.15, 0.2) is 0 Å². The summed E-state index contributed by atoms with van der Waals surface area (Å²) >= 11 is 2.02. The van der Waals surface area contributed by atoms with Gasteiger partial charge in [-0.25, -0.2) is 4.79 Å². The number of anilines is 2. The molecule has 3 heterocycles. The van der Waals surface area contributed by atoms with Crippen LogP contribution in [0.2, 0.25) is 0 Å². The van der Waals surface area contributed by atoms with Gasteiger partial charge in [-0.1, -0.05) is 0 Å². The topological polar surface area (TPSA) is 38.8 Å². The maximum absolute atomic E-state index is 12.6. The molecule has 2 unspecified atom stereocenters. The second kappa shape index (κ2) is 6.84. The molecule has 0 aliphatic carbocycles. The van der Waals surface area contributed by atoms with Crippen LogP contribution in [0.25, 0.3) is 0 Å². The summed E-state index contributed by atoms with van der Waals surface area (Å²) in [5, 5.41) is 3.11. The van der Waals surface area contributed by atoms with Crippen LogP contribution in [0.4, 0.5) is 16.2 Å². The zero-order chi connectivity index (χ0) is 16.5. The van der Waals surface area contributed by atoms with Crippen molar-refractivity contribution in [1.82, 2.24) is 9.80 Å². The quantitative estimate of drug-likeness (QED) is 0.893. The molecular formula is C18H26N4OS. The summed E-state index contributed by atoms with van der Waals surface area (Å²) in [6.07, 6.45) is 1.11. The van der Waals surface area contributed by atoms with Gasteiger partial charge in [-0.2, -0.15) is 11.8 Å². The number of amides is 2. The monoisotopic (exact) mass is 346 g/mol. The van der Waals surface area contributed by atoms with E-state index in [2.05, 4.69) is 34.2 Å². The lowest BCUT2D eigenvalue weighted by Crippen LogP contribution is -2.51. The molecule has 5 nitrogen and oxygen atoms in total. The van der Waals surface area contributed by atoms with E-state index in [9.17, 15) is 4.79 Å². The van der Waals surface area contributed by atoms with Gasteiger partial charge in [0.2, 0.25) is 0 Å². The number of benzene rings is 1. The Morgan fingerprint density at radius 1 is 1.17 bits per heavy atom. The highest BCUT2D eigenvalue weighted by Crippen LogP contribution is 2.27. The number of fused-ring (bicyclic) bond motifs is 2. The van der Waals surface area contributed by atoms with Crippen molar-refractivity contribution in [2.45, 2.75) is 19.4 Å². The zero-order valence-electron chi connectivity index (χ0n) is 14.3. The van der Waals surface area contributed by atoms with Crippen LogP contribution in [0.3, 0.4) is 0 Å². The van der Waals surface area contributed by atoms with Crippen LogP contribution >= 0.6 is 11.8 Å². The van der Waals surface area contributed by atoms with E-state index in [0.29, 0.717) is 6.04 Å². The molecule has 3 aliphatic heterocycles. The molecule has 2 bridgehead atoms. The Bertz CT molecular complexity index is 617. The summed E-state index contributed by atoms with van der Waals surface area (Å²) < 4.78 is 0. The molecule has 2 amide bonds. The van der Waals surface area contributed by atoms with Crippen LogP contribution in [0.15, 0.2) is 18.2 Å². The molecule has 4 rings (SSSR count). The molecule has 3 fully saturated rings. The highest BCUT2D eigenvalue weighted by atomic mass is 32.2. The SMILES string of the molecule is Cc1cc(NC(=O)N2CCN3CCC2C3)ccc1N1CCSCC1. The van der Waals surface area contributed by atoms with Crippen molar-refractivity contribution in [3.05, 3.63) is 23.8 Å². The van der Waals surface area contributed by atoms with E-state index in [0.717, 1.165) is 51.4 Å². The molecule has 1 N–H and O–H groups in total. The molecule has 130 valence electrons. The Labute approximate surface area is 148 Å².